The molecule has 0 aliphatic heterocycles. The largest absolute Gasteiger partial charge is 0.390 e. The number of nitrogens with two attached hydrogens (primary N) is 1. The maximum atomic E-state index is 13.2. The maximum absolute atomic E-state index is 13.2. The Labute approximate surface area is 173 Å². The number of hydrogen-bond donors (Lipinski definition) is 2. The zero-order valence-electron chi connectivity index (χ0n) is 18.4. The van der Waals surface area contributed by atoms with E-state index < -0.39 is 23.6 Å². The Hall–Kier alpha value is -1.32. The minimum Gasteiger partial charge on any atom is -0.390 e. The summed E-state index contributed by atoms with van der Waals surface area (Å²) in [6.07, 6.45) is 1.07. The zero-order valence-corrected chi connectivity index (χ0v) is 19.2. The number of primary amides is 1. The Kier molecular flexibility index (Phi) is 11.7. The number of nitrogens with zero attached hydrogens (tertiary/aromatic N) is 3. The number of likely N-dealkylation sites (N-methyl/N-ethyl adjacent to an activating group) is 2. The van der Waals surface area contributed by atoms with Crippen molar-refractivity contribution in [3.63, 3.8) is 0 Å². The molecule has 164 valence electrons. The fourth-order valence-corrected chi connectivity index (χ4v) is 3.90. The van der Waals surface area contributed by atoms with Crippen LogP contribution in [0.15, 0.2) is 0 Å². The third-order valence-electron chi connectivity index (χ3n) is 4.40. The van der Waals surface area contributed by atoms with Crippen LogP contribution in [0.4, 0.5) is 0 Å². The average molecular weight is 419 g/mol. The van der Waals surface area contributed by atoms with Crippen LogP contribution < -0.4 is 5.73 Å². The standard InChI is InChI=1S/C19H38N4O4S/c1-8-9-16(24)22(6)15(13-28-11-10-21(4)5)18(26)23(7)14(17(20)25)12-19(2,3)27/h14-15,27H,8-13H2,1-7H3,(H2,20,25)/t14-,15+/m0/s1. The van der Waals surface area contributed by atoms with Crippen LogP contribution in [0.3, 0.4) is 0 Å². The molecule has 0 aliphatic carbocycles. The van der Waals surface area contributed by atoms with E-state index in [2.05, 4.69) is 0 Å². The second-order valence-electron chi connectivity index (χ2n) is 8.03. The molecule has 2 atom stereocenters. The van der Waals surface area contributed by atoms with Crippen molar-refractivity contribution in [2.45, 2.75) is 57.7 Å². The molecule has 0 saturated heterocycles. The van der Waals surface area contributed by atoms with Gasteiger partial charge in [0, 0.05) is 45.0 Å². The lowest BCUT2D eigenvalue weighted by Gasteiger charge is -2.35. The van der Waals surface area contributed by atoms with Gasteiger partial charge in [0.25, 0.3) is 0 Å². The SMILES string of the molecule is CCCC(=O)N(C)[C@H](CSCCN(C)C)C(=O)N(C)[C@@H](CC(C)(C)O)C(N)=O. The minimum absolute atomic E-state index is 0.0255. The average Bonchev–Trinajstić information content (AvgIpc) is 2.57. The Morgan fingerprint density at radius 2 is 1.64 bits per heavy atom. The highest BCUT2D eigenvalue weighted by molar-refractivity contribution is 7.99. The van der Waals surface area contributed by atoms with Gasteiger partial charge in [0.2, 0.25) is 17.7 Å². The Morgan fingerprint density at radius 3 is 2.07 bits per heavy atom. The first-order valence-corrected chi connectivity index (χ1v) is 10.7. The van der Waals surface area contributed by atoms with Gasteiger partial charge in [-0.3, -0.25) is 14.4 Å². The molecule has 0 heterocycles. The topological polar surface area (TPSA) is 107 Å². The summed E-state index contributed by atoms with van der Waals surface area (Å²) in [5.74, 6) is 0.105. The first-order valence-electron chi connectivity index (χ1n) is 9.58. The summed E-state index contributed by atoms with van der Waals surface area (Å²) < 4.78 is 0. The van der Waals surface area contributed by atoms with E-state index >= 15 is 0 Å². The monoisotopic (exact) mass is 418 g/mol. The summed E-state index contributed by atoms with van der Waals surface area (Å²) in [4.78, 5) is 42.3. The van der Waals surface area contributed by atoms with Crippen molar-refractivity contribution in [2.24, 2.45) is 5.73 Å². The van der Waals surface area contributed by atoms with Crippen molar-refractivity contribution in [3.05, 3.63) is 0 Å². The molecule has 3 amide bonds. The summed E-state index contributed by atoms with van der Waals surface area (Å²) in [7, 11) is 7.07. The van der Waals surface area contributed by atoms with E-state index in [0.717, 1.165) is 12.3 Å². The van der Waals surface area contributed by atoms with Gasteiger partial charge in [-0.1, -0.05) is 6.92 Å². The number of aliphatic hydroxyl groups is 1. The van der Waals surface area contributed by atoms with Gasteiger partial charge in [0.1, 0.15) is 12.1 Å². The van der Waals surface area contributed by atoms with Crippen LogP contribution in [0, 0.1) is 0 Å². The molecule has 0 saturated carbocycles. The molecule has 0 rings (SSSR count). The third-order valence-corrected chi connectivity index (χ3v) is 5.43. The Balaban J connectivity index is 5.43. The highest BCUT2D eigenvalue weighted by atomic mass is 32.2. The zero-order chi connectivity index (χ0) is 22.1. The normalized spacial score (nSPS) is 13.9. The van der Waals surface area contributed by atoms with E-state index in [1.165, 1.54) is 16.8 Å². The number of hydrogen-bond acceptors (Lipinski definition) is 6. The highest BCUT2D eigenvalue weighted by Gasteiger charge is 2.36. The molecule has 8 nitrogen and oxygen atoms in total. The van der Waals surface area contributed by atoms with Gasteiger partial charge in [-0.05, 0) is 34.4 Å². The lowest BCUT2D eigenvalue weighted by molar-refractivity contribution is -0.147. The van der Waals surface area contributed by atoms with Gasteiger partial charge in [-0.15, -0.1) is 0 Å². The van der Waals surface area contributed by atoms with Gasteiger partial charge < -0.3 is 25.5 Å². The van der Waals surface area contributed by atoms with Crippen molar-refractivity contribution in [2.75, 3.05) is 46.2 Å². The molecule has 9 heteroatoms. The fourth-order valence-electron chi connectivity index (χ4n) is 2.65. The van der Waals surface area contributed by atoms with Crippen molar-refractivity contribution < 1.29 is 19.5 Å². The predicted octanol–water partition coefficient (Wildman–Crippen LogP) is 0.382. The van der Waals surface area contributed by atoms with Crippen LogP contribution in [-0.4, -0.2) is 101 Å². The summed E-state index contributed by atoms with van der Waals surface area (Å²) >= 11 is 1.58. The number of amides is 3. The van der Waals surface area contributed by atoms with E-state index in [1.807, 2.05) is 25.9 Å². The minimum atomic E-state index is -1.16. The number of carbonyl (C=O) groups excluding carboxylic acids is 3. The van der Waals surface area contributed by atoms with Crippen LogP contribution in [-0.2, 0) is 14.4 Å². The molecule has 0 spiro atoms. The van der Waals surface area contributed by atoms with Crippen molar-refractivity contribution in [3.8, 4) is 0 Å². The summed E-state index contributed by atoms with van der Waals surface area (Å²) in [5.41, 5.74) is 4.33. The van der Waals surface area contributed by atoms with E-state index in [1.54, 1.807) is 32.7 Å². The molecular weight excluding hydrogens is 380 g/mol. The predicted molar refractivity (Wildman–Crippen MR) is 114 cm³/mol. The summed E-state index contributed by atoms with van der Waals surface area (Å²) in [5, 5.41) is 10.1. The quantitative estimate of drug-likeness (QED) is 0.419. The molecule has 0 fully saturated rings. The maximum Gasteiger partial charge on any atom is 0.246 e. The van der Waals surface area contributed by atoms with E-state index in [9.17, 15) is 19.5 Å². The number of carbonyl (C=O) groups is 3. The van der Waals surface area contributed by atoms with Gasteiger partial charge >= 0.3 is 0 Å². The number of thioether (sulfide) groups is 1. The molecule has 0 aliphatic rings. The van der Waals surface area contributed by atoms with Crippen molar-refractivity contribution in [1.29, 1.82) is 0 Å². The van der Waals surface area contributed by atoms with Gasteiger partial charge in [0.15, 0.2) is 0 Å². The number of rotatable bonds is 13. The van der Waals surface area contributed by atoms with Crippen LogP contribution in [0.1, 0.15) is 40.0 Å². The van der Waals surface area contributed by atoms with Crippen LogP contribution in [0.2, 0.25) is 0 Å². The van der Waals surface area contributed by atoms with Gasteiger partial charge in [-0.25, -0.2) is 0 Å². The van der Waals surface area contributed by atoms with Crippen LogP contribution >= 0.6 is 11.8 Å². The first kappa shape index (κ1) is 26.7. The van der Waals surface area contributed by atoms with E-state index in [0.29, 0.717) is 18.6 Å². The molecule has 28 heavy (non-hydrogen) atoms. The molecule has 3 N–H and O–H groups in total. The highest BCUT2D eigenvalue weighted by Crippen LogP contribution is 2.18. The molecule has 0 bridgehead atoms. The second-order valence-corrected chi connectivity index (χ2v) is 9.18. The Morgan fingerprint density at radius 1 is 1.07 bits per heavy atom. The molecule has 0 unspecified atom stereocenters. The molecule has 0 aromatic heterocycles. The smallest absolute Gasteiger partial charge is 0.246 e. The molecule has 0 aromatic carbocycles. The first-order chi connectivity index (χ1) is 12.8. The summed E-state index contributed by atoms with van der Waals surface area (Å²) in [6.45, 7) is 5.89. The lowest BCUT2D eigenvalue weighted by atomic mass is 9.97. The van der Waals surface area contributed by atoms with Crippen LogP contribution in [0.25, 0.3) is 0 Å². The van der Waals surface area contributed by atoms with Gasteiger partial charge in [0.05, 0.1) is 5.60 Å². The van der Waals surface area contributed by atoms with E-state index in [4.69, 9.17) is 5.73 Å². The molecule has 0 aromatic rings. The molecule has 0 radical (unpaired) electrons. The summed E-state index contributed by atoms with van der Waals surface area (Å²) in [6, 6.07) is -1.64. The van der Waals surface area contributed by atoms with Gasteiger partial charge in [-0.2, -0.15) is 11.8 Å². The fraction of sp³-hybridized carbons (Fsp3) is 0.842. The van der Waals surface area contributed by atoms with E-state index in [-0.39, 0.29) is 18.2 Å². The Bertz CT molecular complexity index is 523. The third kappa shape index (κ3) is 9.75. The second kappa shape index (κ2) is 12.3. The van der Waals surface area contributed by atoms with Crippen LogP contribution in [0.5, 0.6) is 0 Å². The van der Waals surface area contributed by atoms with Crippen molar-refractivity contribution in [1.82, 2.24) is 14.7 Å². The van der Waals surface area contributed by atoms with Crippen molar-refractivity contribution >= 4 is 29.5 Å². The molecular formula is C19H38N4O4S. The lowest BCUT2D eigenvalue weighted by Crippen LogP contribution is -2.56.